The molecule has 2 aromatic heterocycles. The summed E-state index contributed by atoms with van der Waals surface area (Å²) in [5.41, 5.74) is 0.886. The summed E-state index contributed by atoms with van der Waals surface area (Å²) in [6.07, 6.45) is 3.22. The highest BCUT2D eigenvalue weighted by Gasteiger charge is 2.06. The molecule has 2 heterocycles. The molecule has 0 saturated heterocycles. The summed E-state index contributed by atoms with van der Waals surface area (Å²) in [5.74, 6) is 0. The number of aryl methyl sites for hydroxylation is 1. The highest BCUT2D eigenvalue weighted by molar-refractivity contribution is 7.20. The van der Waals surface area contributed by atoms with Gasteiger partial charge in [0.05, 0.1) is 0 Å². The average molecular weight is 355 g/mol. The lowest BCUT2D eigenvalue weighted by atomic mass is 10.1. The van der Waals surface area contributed by atoms with Crippen molar-refractivity contribution in [3.05, 3.63) is 56.4 Å². The van der Waals surface area contributed by atoms with Crippen LogP contribution in [-0.2, 0) is 6.42 Å². The second kappa shape index (κ2) is 6.64. The Labute approximate surface area is 140 Å². The van der Waals surface area contributed by atoms with E-state index in [9.17, 15) is 4.79 Å². The molecule has 114 valence electrons. The molecule has 1 N–H and O–H groups in total. The number of fused-ring (bicyclic) bond motifs is 1. The number of nitrogens with zero attached hydrogens (tertiary/aromatic N) is 3. The van der Waals surface area contributed by atoms with Gasteiger partial charge in [0.15, 0.2) is 0 Å². The van der Waals surface area contributed by atoms with E-state index in [1.165, 1.54) is 28.1 Å². The van der Waals surface area contributed by atoms with Crippen LogP contribution >= 0.6 is 34.5 Å². The maximum Gasteiger partial charge on any atom is 0.275 e. The molecule has 0 fully saturated rings. The first-order valence-electron chi connectivity index (χ1n) is 6.66. The third-order valence-electron chi connectivity index (χ3n) is 3.09. The Bertz CT molecular complexity index is 861. The zero-order valence-corrected chi connectivity index (χ0v) is 13.8. The van der Waals surface area contributed by atoms with E-state index >= 15 is 0 Å². The number of aromatic nitrogens is 3. The van der Waals surface area contributed by atoms with Crippen LogP contribution in [0.25, 0.3) is 4.96 Å². The minimum absolute atomic E-state index is 0.178. The number of nitrogens with one attached hydrogen (secondary N) is 1. The van der Waals surface area contributed by atoms with Gasteiger partial charge < -0.3 is 5.32 Å². The van der Waals surface area contributed by atoms with Crippen LogP contribution in [0, 0.1) is 0 Å². The Morgan fingerprint density at radius 3 is 2.91 bits per heavy atom. The molecule has 0 spiro atoms. The zero-order chi connectivity index (χ0) is 15.5. The van der Waals surface area contributed by atoms with Crippen LogP contribution in [0.15, 0.2) is 35.3 Å². The van der Waals surface area contributed by atoms with E-state index < -0.39 is 0 Å². The molecule has 0 amide bonds. The van der Waals surface area contributed by atoms with Crippen molar-refractivity contribution in [2.45, 2.75) is 12.8 Å². The summed E-state index contributed by atoms with van der Waals surface area (Å²) < 4.78 is 1.29. The Morgan fingerprint density at radius 1 is 1.27 bits per heavy atom. The number of rotatable bonds is 5. The zero-order valence-electron chi connectivity index (χ0n) is 11.4. The van der Waals surface area contributed by atoms with E-state index in [4.69, 9.17) is 23.2 Å². The summed E-state index contributed by atoms with van der Waals surface area (Å²) in [6.45, 7) is 0.730. The Hall–Kier alpha value is -1.63. The van der Waals surface area contributed by atoms with E-state index in [1.807, 2.05) is 12.1 Å². The van der Waals surface area contributed by atoms with Crippen molar-refractivity contribution in [3.8, 4) is 0 Å². The Kier molecular flexibility index (Phi) is 4.61. The highest BCUT2D eigenvalue weighted by atomic mass is 35.5. The molecule has 0 radical (unpaired) electrons. The van der Waals surface area contributed by atoms with Crippen molar-refractivity contribution in [3.63, 3.8) is 0 Å². The Balaban J connectivity index is 1.58. The maximum absolute atomic E-state index is 11.6. The summed E-state index contributed by atoms with van der Waals surface area (Å²) in [5, 5.41) is 9.39. The molecule has 0 aliphatic heterocycles. The fourth-order valence-corrected chi connectivity index (χ4v) is 3.32. The fraction of sp³-hybridized carbons (Fsp3) is 0.214. The van der Waals surface area contributed by atoms with Gasteiger partial charge >= 0.3 is 0 Å². The van der Waals surface area contributed by atoms with Crippen LogP contribution in [0.1, 0.15) is 12.0 Å². The Morgan fingerprint density at radius 2 is 2.14 bits per heavy atom. The standard InChI is InChI=1S/C14H12Cl2N4OS/c15-10-4-3-9(11(16)8-10)2-1-6-17-13-19-20-12(21)5-7-18-14(20)22-13/h3-5,7-8H,1-2,6H2,(H,17,19). The molecule has 3 aromatic rings. The van der Waals surface area contributed by atoms with E-state index in [1.54, 1.807) is 6.07 Å². The second-order valence-electron chi connectivity index (χ2n) is 4.65. The molecule has 0 saturated carbocycles. The third kappa shape index (κ3) is 3.40. The fourth-order valence-electron chi connectivity index (χ4n) is 2.01. The first-order valence-corrected chi connectivity index (χ1v) is 8.23. The third-order valence-corrected chi connectivity index (χ3v) is 4.55. The monoisotopic (exact) mass is 354 g/mol. The molecule has 5 nitrogen and oxygen atoms in total. The molecule has 0 atom stereocenters. The van der Waals surface area contributed by atoms with Gasteiger partial charge in [-0.1, -0.05) is 40.6 Å². The highest BCUT2D eigenvalue weighted by Crippen LogP contribution is 2.22. The van der Waals surface area contributed by atoms with Crippen LogP contribution in [0.5, 0.6) is 0 Å². The molecule has 1 aromatic carbocycles. The summed E-state index contributed by atoms with van der Waals surface area (Å²) in [7, 11) is 0. The van der Waals surface area contributed by atoms with Gasteiger partial charge in [-0.15, -0.1) is 5.10 Å². The van der Waals surface area contributed by atoms with Gasteiger partial charge in [0, 0.05) is 28.9 Å². The first kappa shape index (κ1) is 15.3. The lowest BCUT2D eigenvalue weighted by Crippen LogP contribution is -2.13. The number of benzene rings is 1. The van der Waals surface area contributed by atoms with Gasteiger partial charge in [-0.2, -0.15) is 4.52 Å². The molecular formula is C14H12Cl2N4OS. The number of halogens is 2. The van der Waals surface area contributed by atoms with Crippen LogP contribution in [0.4, 0.5) is 5.13 Å². The number of hydrogen-bond donors (Lipinski definition) is 1. The minimum atomic E-state index is -0.178. The van der Waals surface area contributed by atoms with Crippen molar-refractivity contribution in [1.82, 2.24) is 14.6 Å². The van der Waals surface area contributed by atoms with E-state index in [0.717, 1.165) is 24.9 Å². The van der Waals surface area contributed by atoms with Crippen molar-refractivity contribution in [2.24, 2.45) is 0 Å². The molecule has 22 heavy (non-hydrogen) atoms. The van der Waals surface area contributed by atoms with Crippen LogP contribution < -0.4 is 10.9 Å². The molecule has 0 bridgehead atoms. The summed E-state index contributed by atoms with van der Waals surface area (Å²) in [4.78, 5) is 16.3. The molecular weight excluding hydrogens is 343 g/mol. The SMILES string of the molecule is O=c1ccnc2sc(NCCCc3ccc(Cl)cc3Cl)nn12. The quantitative estimate of drug-likeness (QED) is 0.712. The molecule has 0 aliphatic rings. The molecule has 0 aliphatic carbocycles. The second-order valence-corrected chi connectivity index (χ2v) is 6.45. The van der Waals surface area contributed by atoms with E-state index in [2.05, 4.69) is 15.4 Å². The lowest BCUT2D eigenvalue weighted by Gasteiger charge is -2.05. The minimum Gasteiger partial charge on any atom is -0.360 e. The largest absolute Gasteiger partial charge is 0.360 e. The van der Waals surface area contributed by atoms with Crippen LogP contribution in [-0.4, -0.2) is 21.1 Å². The van der Waals surface area contributed by atoms with Gasteiger partial charge in [-0.25, -0.2) is 4.98 Å². The van der Waals surface area contributed by atoms with Crippen LogP contribution in [0.3, 0.4) is 0 Å². The molecule has 3 rings (SSSR count). The average Bonchev–Trinajstić information content (AvgIpc) is 2.90. The van der Waals surface area contributed by atoms with Gasteiger partial charge in [0.1, 0.15) is 0 Å². The normalized spacial score (nSPS) is 11.0. The topological polar surface area (TPSA) is 59.3 Å². The predicted molar refractivity (Wildman–Crippen MR) is 90.4 cm³/mol. The van der Waals surface area contributed by atoms with E-state index in [0.29, 0.717) is 20.1 Å². The van der Waals surface area contributed by atoms with Gasteiger partial charge in [-0.05, 0) is 30.5 Å². The van der Waals surface area contributed by atoms with E-state index in [-0.39, 0.29) is 5.56 Å². The smallest absolute Gasteiger partial charge is 0.275 e. The predicted octanol–water partition coefficient (Wildman–Crippen LogP) is 3.50. The van der Waals surface area contributed by atoms with Gasteiger partial charge in [0.25, 0.3) is 5.56 Å². The first-order chi connectivity index (χ1) is 10.6. The number of anilines is 1. The van der Waals surface area contributed by atoms with Crippen molar-refractivity contribution in [1.29, 1.82) is 0 Å². The van der Waals surface area contributed by atoms with Crippen molar-refractivity contribution in [2.75, 3.05) is 11.9 Å². The summed E-state index contributed by atoms with van der Waals surface area (Å²) >= 11 is 13.4. The van der Waals surface area contributed by atoms with Crippen molar-refractivity contribution < 1.29 is 0 Å². The maximum atomic E-state index is 11.6. The molecule has 0 unspecified atom stereocenters. The molecule has 8 heteroatoms. The van der Waals surface area contributed by atoms with Crippen molar-refractivity contribution >= 4 is 44.6 Å². The number of hydrogen-bond acceptors (Lipinski definition) is 5. The van der Waals surface area contributed by atoms with Gasteiger partial charge in [0.2, 0.25) is 10.1 Å². The van der Waals surface area contributed by atoms with Gasteiger partial charge in [-0.3, -0.25) is 4.79 Å². The lowest BCUT2D eigenvalue weighted by molar-refractivity contribution is 0.847. The van der Waals surface area contributed by atoms with Crippen LogP contribution in [0.2, 0.25) is 10.0 Å². The summed E-state index contributed by atoms with van der Waals surface area (Å²) in [6, 6.07) is 6.91.